The molecular weight excluding hydrogens is 296 g/mol. The van der Waals surface area contributed by atoms with E-state index in [9.17, 15) is 4.39 Å². The van der Waals surface area contributed by atoms with Gasteiger partial charge in [0.1, 0.15) is 11.2 Å². The smallest absolute Gasteiger partial charge is 0.212 e. The summed E-state index contributed by atoms with van der Waals surface area (Å²) in [6.07, 6.45) is 1.47. The molecule has 2 nitrogen and oxygen atoms in total. The number of oxazole rings is 1. The second-order valence-corrected chi connectivity index (χ2v) is 4.79. The van der Waals surface area contributed by atoms with Crippen LogP contribution in [0.25, 0.3) is 11.3 Å². The van der Waals surface area contributed by atoms with Crippen molar-refractivity contribution in [1.82, 2.24) is 4.98 Å². The Kier molecular flexibility index (Phi) is 3.30. The lowest BCUT2D eigenvalue weighted by Crippen LogP contribution is -1.83. The second-order valence-electron chi connectivity index (χ2n) is 3.28. The molecule has 0 fully saturated rings. The monoisotopic (exact) mass is 303 g/mol. The molecule has 0 amide bonds. The van der Waals surface area contributed by atoms with E-state index >= 15 is 0 Å². The van der Waals surface area contributed by atoms with Gasteiger partial charge in [0.25, 0.3) is 0 Å². The van der Waals surface area contributed by atoms with Gasteiger partial charge in [-0.1, -0.05) is 6.07 Å². The van der Waals surface area contributed by atoms with Crippen LogP contribution in [0, 0.1) is 5.82 Å². The van der Waals surface area contributed by atoms with Crippen molar-refractivity contribution < 1.29 is 8.81 Å². The fourth-order valence-corrected chi connectivity index (χ4v) is 1.76. The Morgan fingerprint density at radius 1 is 1.50 bits per heavy atom. The number of aromatic nitrogens is 1. The summed E-state index contributed by atoms with van der Waals surface area (Å²) in [4.78, 5) is 3.98. The molecule has 0 radical (unpaired) electrons. The van der Waals surface area contributed by atoms with Gasteiger partial charge in [0.2, 0.25) is 5.89 Å². The molecule has 0 saturated heterocycles. The molecule has 1 unspecified atom stereocenters. The molecule has 1 aromatic carbocycles. The zero-order valence-electron chi connectivity index (χ0n) is 8.38. The number of nitrogens with zero attached hydrogens (tertiary/aromatic N) is 1. The van der Waals surface area contributed by atoms with E-state index in [1.807, 2.05) is 0 Å². The number of rotatable bonds is 2. The minimum atomic E-state index is -0.368. The SMILES string of the molecule is CC(Cl)c1ncc(-c2cccc(Br)c2F)o1. The highest BCUT2D eigenvalue weighted by atomic mass is 79.9. The maximum absolute atomic E-state index is 13.7. The molecule has 2 rings (SSSR count). The summed E-state index contributed by atoms with van der Waals surface area (Å²) in [6.45, 7) is 1.74. The molecule has 0 spiro atoms. The number of halogens is 3. The molecule has 16 heavy (non-hydrogen) atoms. The Bertz CT molecular complexity index is 512. The van der Waals surface area contributed by atoms with E-state index in [0.717, 1.165) is 0 Å². The van der Waals surface area contributed by atoms with Gasteiger partial charge >= 0.3 is 0 Å². The number of hydrogen-bond donors (Lipinski definition) is 0. The zero-order valence-corrected chi connectivity index (χ0v) is 10.7. The lowest BCUT2D eigenvalue weighted by atomic mass is 10.2. The molecular formula is C11H8BrClFNO. The zero-order chi connectivity index (χ0) is 11.7. The van der Waals surface area contributed by atoms with Crippen LogP contribution >= 0.6 is 27.5 Å². The molecule has 1 heterocycles. The van der Waals surface area contributed by atoms with E-state index < -0.39 is 0 Å². The molecule has 2 aromatic rings. The van der Waals surface area contributed by atoms with Gasteiger partial charge in [-0.25, -0.2) is 9.37 Å². The van der Waals surface area contributed by atoms with E-state index in [-0.39, 0.29) is 11.2 Å². The Labute approximate surface area is 106 Å². The standard InChI is InChI=1S/C11H8BrClFNO/c1-6(13)11-15-5-9(16-11)7-3-2-4-8(12)10(7)14/h2-6H,1H3. The number of alkyl halides is 1. The molecule has 5 heteroatoms. The van der Waals surface area contributed by atoms with Crippen LogP contribution in [0.5, 0.6) is 0 Å². The molecule has 1 aromatic heterocycles. The molecule has 1 atom stereocenters. The largest absolute Gasteiger partial charge is 0.439 e. The summed E-state index contributed by atoms with van der Waals surface area (Å²) in [5.74, 6) is 0.393. The van der Waals surface area contributed by atoms with Crippen molar-refractivity contribution in [1.29, 1.82) is 0 Å². The molecule has 0 saturated carbocycles. The van der Waals surface area contributed by atoms with E-state index in [1.54, 1.807) is 25.1 Å². The Morgan fingerprint density at radius 3 is 2.88 bits per heavy atom. The lowest BCUT2D eigenvalue weighted by Gasteiger charge is -2.00. The van der Waals surface area contributed by atoms with Crippen LogP contribution in [0.3, 0.4) is 0 Å². The first-order valence-electron chi connectivity index (χ1n) is 4.63. The maximum atomic E-state index is 13.7. The molecule has 84 valence electrons. The van der Waals surface area contributed by atoms with Gasteiger partial charge in [0, 0.05) is 0 Å². The third-order valence-corrected chi connectivity index (χ3v) is 2.88. The van der Waals surface area contributed by atoms with Crippen molar-refractivity contribution in [2.24, 2.45) is 0 Å². The van der Waals surface area contributed by atoms with E-state index in [4.69, 9.17) is 16.0 Å². The van der Waals surface area contributed by atoms with Crippen LogP contribution in [0.2, 0.25) is 0 Å². The molecule has 0 aliphatic heterocycles. The first-order chi connectivity index (χ1) is 7.59. The number of benzene rings is 1. The average Bonchev–Trinajstić information content (AvgIpc) is 2.71. The number of hydrogen-bond acceptors (Lipinski definition) is 2. The lowest BCUT2D eigenvalue weighted by molar-refractivity contribution is 0.503. The summed E-state index contributed by atoms with van der Waals surface area (Å²) in [5.41, 5.74) is 0.366. The van der Waals surface area contributed by atoms with Crippen LogP contribution < -0.4 is 0 Å². The first-order valence-corrected chi connectivity index (χ1v) is 5.86. The maximum Gasteiger partial charge on any atom is 0.212 e. The van der Waals surface area contributed by atoms with Crippen LogP contribution in [0.4, 0.5) is 4.39 Å². The Balaban J connectivity index is 2.47. The highest BCUT2D eigenvalue weighted by Gasteiger charge is 2.14. The second kappa shape index (κ2) is 4.55. The summed E-state index contributed by atoms with van der Waals surface area (Å²) >= 11 is 8.93. The van der Waals surface area contributed by atoms with Crippen LogP contribution in [-0.2, 0) is 0 Å². The summed E-state index contributed by atoms with van der Waals surface area (Å²) in [7, 11) is 0. The van der Waals surface area contributed by atoms with Crippen molar-refractivity contribution in [3.05, 3.63) is 40.6 Å². The van der Waals surface area contributed by atoms with Crippen molar-refractivity contribution in [3.8, 4) is 11.3 Å². The fraction of sp³-hybridized carbons (Fsp3) is 0.182. The van der Waals surface area contributed by atoms with Crippen LogP contribution in [0.1, 0.15) is 18.2 Å². The fourth-order valence-electron chi connectivity index (χ4n) is 1.29. The van der Waals surface area contributed by atoms with E-state index in [1.165, 1.54) is 6.20 Å². The van der Waals surface area contributed by atoms with Gasteiger partial charge in [-0.05, 0) is 35.0 Å². The first kappa shape index (κ1) is 11.6. The minimum Gasteiger partial charge on any atom is -0.439 e. The summed E-state index contributed by atoms with van der Waals surface area (Å²) in [5, 5.41) is -0.330. The Hall–Kier alpha value is -0.870. The predicted octanol–water partition coefficient (Wildman–Crippen LogP) is 4.54. The predicted molar refractivity (Wildman–Crippen MR) is 63.9 cm³/mol. The van der Waals surface area contributed by atoms with Crippen molar-refractivity contribution in [2.45, 2.75) is 12.3 Å². The highest BCUT2D eigenvalue weighted by molar-refractivity contribution is 9.10. The third kappa shape index (κ3) is 2.13. The topological polar surface area (TPSA) is 26.0 Å². The van der Waals surface area contributed by atoms with Crippen molar-refractivity contribution in [3.63, 3.8) is 0 Å². The van der Waals surface area contributed by atoms with Gasteiger partial charge in [0.05, 0.1) is 16.2 Å². The molecule has 0 bridgehead atoms. The van der Waals surface area contributed by atoms with Gasteiger partial charge < -0.3 is 4.42 Å². The molecule has 0 N–H and O–H groups in total. The van der Waals surface area contributed by atoms with Crippen LogP contribution in [-0.4, -0.2) is 4.98 Å². The summed E-state index contributed by atoms with van der Waals surface area (Å²) < 4.78 is 19.5. The summed E-state index contributed by atoms with van der Waals surface area (Å²) in [6, 6.07) is 4.98. The van der Waals surface area contributed by atoms with Gasteiger partial charge in [0.15, 0.2) is 5.76 Å². The van der Waals surface area contributed by atoms with Gasteiger partial charge in [-0.15, -0.1) is 11.6 Å². The van der Waals surface area contributed by atoms with Crippen LogP contribution in [0.15, 0.2) is 33.3 Å². The quantitative estimate of drug-likeness (QED) is 0.761. The van der Waals surface area contributed by atoms with E-state index in [0.29, 0.717) is 21.7 Å². The molecule has 0 aliphatic rings. The van der Waals surface area contributed by atoms with Gasteiger partial charge in [-0.2, -0.15) is 0 Å². The third-order valence-electron chi connectivity index (χ3n) is 2.08. The molecule has 0 aliphatic carbocycles. The van der Waals surface area contributed by atoms with Gasteiger partial charge in [-0.3, -0.25) is 0 Å². The van der Waals surface area contributed by atoms with Crippen molar-refractivity contribution >= 4 is 27.5 Å². The van der Waals surface area contributed by atoms with Crippen molar-refractivity contribution in [2.75, 3.05) is 0 Å². The normalized spacial score (nSPS) is 12.8. The average molecular weight is 305 g/mol. The van der Waals surface area contributed by atoms with E-state index in [2.05, 4.69) is 20.9 Å². The minimum absolute atomic E-state index is 0.330. The Morgan fingerprint density at radius 2 is 2.25 bits per heavy atom. The highest BCUT2D eigenvalue weighted by Crippen LogP contribution is 2.30.